The van der Waals surface area contributed by atoms with Gasteiger partial charge in [0.2, 0.25) is 10.0 Å². The van der Waals surface area contributed by atoms with Crippen molar-refractivity contribution in [3.05, 3.63) is 16.0 Å². The number of amides is 1. The molecule has 0 aliphatic carbocycles. The number of halogens is 1. The summed E-state index contributed by atoms with van der Waals surface area (Å²) in [5.41, 5.74) is -0.00909. The molecule has 1 fully saturated rings. The van der Waals surface area contributed by atoms with Crippen LogP contribution in [0.5, 0.6) is 0 Å². The van der Waals surface area contributed by atoms with Gasteiger partial charge in [-0.1, -0.05) is 11.6 Å². The summed E-state index contributed by atoms with van der Waals surface area (Å²) < 4.78 is 34.0. The second-order valence-electron chi connectivity index (χ2n) is 3.94. The summed E-state index contributed by atoms with van der Waals surface area (Å²) in [6.07, 6.45) is 0. The first-order chi connectivity index (χ1) is 8.79. The van der Waals surface area contributed by atoms with E-state index in [1.165, 1.54) is 11.0 Å². The Morgan fingerprint density at radius 2 is 2.00 bits per heavy atom. The molecule has 1 aromatic rings. The Labute approximate surface area is 122 Å². The highest BCUT2D eigenvalue weighted by Crippen LogP contribution is 2.31. The highest BCUT2D eigenvalue weighted by atomic mass is 35.5. The van der Waals surface area contributed by atoms with Gasteiger partial charge in [-0.2, -0.15) is 0 Å². The van der Waals surface area contributed by atoms with Crippen LogP contribution in [0.25, 0.3) is 0 Å². The van der Waals surface area contributed by atoms with E-state index < -0.39 is 26.7 Å². The number of nitrogens with two attached hydrogens (primary N) is 1. The molecule has 6 nitrogen and oxygen atoms in total. The third-order valence-electron chi connectivity index (χ3n) is 2.62. The molecule has 2 heterocycles. The van der Waals surface area contributed by atoms with Gasteiger partial charge in [0.15, 0.2) is 0 Å². The van der Waals surface area contributed by atoms with Crippen LogP contribution in [0.3, 0.4) is 0 Å². The molecule has 2 N–H and O–H groups in total. The van der Waals surface area contributed by atoms with Crippen molar-refractivity contribution in [3.8, 4) is 0 Å². The normalized spacial score (nSPS) is 17.7. The van der Waals surface area contributed by atoms with Gasteiger partial charge in [0, 0.05) is 35.4 Å². The monoisotopic (exact) mass is 342 g/mol. The Morgan fingerprint density at radius 3 is 2.53 bits per heavy atom. The van der Waals surface area contributed by atoms with Gasteiger partial charge < -0.3 is 4.90 Å². The minimum atomic E-state index is -3.98. The van der Waals surface area contributed by atoms with Gasteiger partial charge >= 0.3 is 0 Å². The molecule has 19 heavy (non-hydrogen) atoms. The molecule has 0 bridgehead atoms. The highest BCUT2D eigenvalue weighted by molar-refractivity contribution is 7.91. The average Bonchev–Trinajstić information content (AvgIpc) is 2.71. The van der Waals surface area contributed by atoms with Gasteiger partial charge in [-0.25, -0.2) is 13.6 Å². The number of hydrogen-bond donors (Lipinski definition) is 1. The van der Waals surface area contributed by atoms with E-state index in [1.807, 2.05) is 0 Å². The summed E-state index contributed by atoms with van der Waals surface area (Å²) in [7, 11) is -4.89. The quantitative estimate of drug-likeness (QED) is 0.833. The van der Waals surface area contributed by atoms with Crippen LogP contribution in [0.1, 0.15) is 10.4 Å². The maximum absolute atomic E-state index is 12.2. The Hall–Kier alpha value is -0.480. The molecule has 106 valence electrons. The molecule has 0 aromatic carbocycles. The van der Waals surface area contributed by atoms with Crippen molar-refractivity contribution < 1.29 is 17.4 Å². The summed E-state index contributed by atoms with van der Waals surface area (Å²) in [5, 5.41) is 5.06. The summed E-state index contributed by atoms with van der Waals surface area (Å²) in [6.45, 7) is 0.673. The lowest BCUT2D eigenvalue weighted by molar-refractivity contribution is 0.0768. The van der Waals surface area contributed by atoms with E-state index in [-0.39, 0.29) is 14.1 Å². The molecule has 2 rings (SSSR count). The average molecular weight is 343 g/mol. The molecule has 1 saturated heterocycles. The molecule has 0 saturated carbocycles. The van der Waals surface area contributed by atoms with Crippen molar-refractivity contribution >= 4 is 49.7 Å². The molecule has 10 heteroatoms. The predicted molar refractivity (Wildman–Crippen MR) is 74.5 cm³/mol. The van der Waals surface area contributed by atoms with Gasteiger partial charge in [-0.05, 0) is 6.07 Å². The van der Waals surface area contributed by atoms with E-state index in [0.717, 1.165) is 11.3 Å². The molecule has 0 radical (unpaired) electrons. The Morgan fingerprint density at radius 1 is 1.42 bits per heavy atom. The second kappa shape index (κ2) is 5.49. The maximum atomic E-state index is 12.2. The predicted octanol–water partition coefficient (Wildman–Crippen LogP) is 0.253. The van der Waals surface area contributed by atoms with Crippen molar-refractivity contribution in [2.75, 3.05) is 24.6 Å². The number of primary sulfonamides is 1. The van der Waals surface area contributed by atoms with Crippen molar-refractivity contribution in [1.29, 1.82) is 0 Å². The zero-order valence-corrected chi connectivity index (χ0v) is 12.9. The van der Waals surface area contributed by atoms with Gasteiger partial charge in [0.25, 0.3) is 5.91 Å². The number of carbonyl (C=O) groups is 1. The molecule has 0 atom stereocenters. The van der Waals surface area contributed by atoms with Crippen LogP contribution < -0.4 is 5.14 Å². The standard InChI is InChI=1S/C9H11ClN2O4S3/c10-7-5-6(9(17-7)19(11,15)16)8(13)12-1-3-18(14)4-2-12/h5H,1-4H2,(H2,11,15,16). The number of nitrogens with zero attached hydrogens (tertiary/aromatic N) is 1. The number of carbonyl (C=O) groups excluding carboxylic acids is 1. The number of thiophene rings is 1. The SMILES string of the molecule is NS(=O)(=O)c1sc(Cl)cc1C(=O)N1CCS(=O)CC1. The molecular weight excluding hydrogens is 332 g/mol. The van der Waals surface area contributed by atoms with E-state index in [4.69, 9.17) is 16.7 Å². The molecule has 0 unspecified atom stereocenters. The van der Waals surface area contributed by atoms with Crippen molar-refractivity contribution in [2.45, 2.75) is 4.21 Å². The summed E-state index contributed by atoms with van der Waals surface area (Å²) in [5.74, 6) is 0.353. The Balaban J connectivity index is 2.32. The van der Waals surface area contributed by atoms with Crippen LogP contribution in [-0.2, 0) is 20.8 Å². The summed E-state index contributed by atoms with van der Waals surface area (Å²) in [4.78, 5) is 13.7. The van der Waals surface area contributed by atoms with Crippen LogP contribution in [-0.4, -0.2) is 48.0 Å². The lowest BCUT2D eigenvalue weighted by Crippen LogP contribution is -2.42. The van der Waals surface area contributed by atoms with E-state index in [1.54, 1.807) is 0 Å². The zero-order chi connectivity index (χ0) is 14.2. The smallest absolute Gasteiger partial charge is 0.256 e. The number of sulfonamides is 1. The first-order valence-electron chi connectivity index (χ1n) is 5.25. The van der Waals surface area contributed by atoms with E-state index in [0.29, 0.717) is 24.6 Å². The van der Waals surface area contributed by atoms with Crippen LogP contribution >= 0.6 is 22.9 Å². The van der Waals surface area contributed by atoms with Crippen molar-refractivity contribution in [1.82, 2.24) is 4.90 Å². The van der Waals surface area contributed by atoms with Gasteiger partial charge in [-0.15, -0.1) is 11.3 Å². The van der Waals surface area contributed by atoms with Crippen LogP contribution in [0.15, 0.2) is 10.3 Å². The van der Waals surface area contributed by atoms with Gasteiger partial charge in [0.1, 0.15) is 4.21 Å². The van der Waals surface area contributed by atoms with E-state index >= 15 is 0 Å². The Bertz CT molecular complexity index is 630. The Kier molecular flexibility index (Phi) is 4.31. The molecule has 1 aliphatic heterocycles. The fraction of sp³-hybridized carbons (Fsp3) is 0.444. The van der Waals surface area contributed by atoms with Gasteiger partial charge in [0.05, 0.1) is 9.90 Å². The number of rotatable bonds is 2. The van der Waals surface area contributed by atoms with E-state index in [2.05, 4.69) is 0 Å². The number of hydrogen-bond acceptors (Lipinski definition) is 5. The second-order valence-corrected chi connectivity index (χ2v) is 9.07. The van der Waals surface area contributed by atoms with Crippen molar-refractivity contribution in [2.24, 2.45) is 5.14 Å². The minimum Gasteiger partial charge on any atom is -0.337 e. The first-order valence-corrected chi connectivity index (χ1v) is 9.48. The molecule has 0 spiro atoms. The molecular formula is C9H11ClN2O4S3. The maximum Gasteiger partial charge on any atom is 0.256 e. The zero-order valence-electron chi connectivity index (χ0n) is 9.67. The minimum absolute atomic E-state index is 0.00909. The molecule has 1 aromatic heterocycles. The highest BCUT2D eigenvalue weighted by Gasteiger charge is 2.28. The lowest BCUT2D eigenvalue weighted by atomic mass is 10.3. The third kappa shape index (κ3) is 3.34. The van der Waals surface area contributed by atoms with Crippen LogP contribution in [0.2, 0.25) is 4.34 Å². The summed E-state index contributed by atoms with van der Waals surface area (Å²) in [6, 6.07) is 1.31. The van der Waals surface area contributed by atoms with Crippen LogP contribution in [0.4, 0.5) is 0 Å². The molecule has 1 amide bonds. The first kappa shape index (κ1) is 14.9. The fourth-order valence-corrected chi connectivity index (χ4v) is 5.04. The topological polar surface area (TPSA) is 97.5 Å². The van der Waals surface area contributed by atoms with Crippen LogP contribution in [0, 0.1) is 0 Å². The van der Waals surface area contributed by atoms with Gasteiger partial charge in [-0.3, -0.25) is 9.00 Å². The van der Waals surface area contributed by atoms with E-state index in [9.17, 15) is 17.4 Å². The summed E-state index contributed by atoms with van der Waals surface area (Å²) >= 11 is 6.52. The largest absolute Gasteiger partial charge is 0.337 e. The third-order valence-corrected chi connectivity index (χ3v) is 6.64. The lowest BCUT2D eigenvalue weighted by Gasteiger charge is -2.26. The fourth-order valence-electron chi connectivity index (χ4n) is 1.72. The van der Waals surface area contributed by atoms with Crippen molar-refractivity contribution in [3.63, 3.8) is 0 Å². The molecule has 1 aliphatic rings.